The van der Waals surface area contributed by atoms with Crippen LogP contribution in [-0.2, 0) is 11.3 Å². The summed E-state index contributed by atoms with van der Waals surface area (Å²) in [5, 5.41) is 5.20. The number of rotatable bonds is 5. The third-order valence-electron chi connectivity index (χ3n) is 3.37. The van der Waals surface area contributed by atoms with Crippen molar-refractivity contribution in [3.05, 3.63) is 34.6 Å². The van der Waals surface area contributed by atoms with E-state index in [0.717, 1.165) is 11.8 Å². The molecule has 0 saturated carbocycles. The summed E-state index contributed by atoms with van der Waals surface area (Å²) >= 11 is 1.15. The SMILES string of the molecule is CCNC(=O)NC(=O)C(C)Sc1nc2ccccc2c(=O)n1CC. The molecule has 2 aromatic rings. The third kappa shape index (κ3) is 3.94. The summed E-state index contributed by atoms with van der Waals surface area (Å²) in [6, 6.07) is 6.57. The number of hydrogen-bond acceptors (Lipinski definition) is 5. The molecule has 0 bridgehead atoms. The van der Waals surface area contributed by atoms with Gasteiger partial charge in [0.25, 0.3) is 5.56 Å². The quantitative estimate of drug-likeness (QED) is 0.634. The van der Waals surface area contributed by atoms with Gasteiger partial charge in [0.05, 0.1) is 16.2 Å². The lowest BCUT2D eigenvalue weighted by Gasteiger charge is -2.15. The van der Waals surface area contributed by atoms with E-state index in [-0.39, 0.29) is 5.56 Å². The molecule has 128 valence electrons. The Bertz CT molecular complexity index is 819. The average Bonchev–Trinajstić information content (AvgIpc) is 2.55. The van der Waals surface area contributed by atoms with Gasteiger partial charge >= 0.3 is 6.03 Å². The molecule has 24 heavy (non-hydrogen) atoms. The summed E-state index contributed by atoms with van der Waals surface area (Å²) in [4.78, 5) is 40.5. The minimum atomic E-state index is -0.571. The van der Waals surface area contributed by atoms with E-state index in [1.54, 1.807) is 32.0 Å². The minimum Gasteiger partial charge on any atom is -0.338 e. The van der Waals surface area contributed by atoms with Gasteiger partial charge in [-0.3, -0.25) is 19.5 Å². The molecule has 7 nitrogen and oxygen atoms in total. The second-order valence-corrected chi connectivity index (χ2v) is 6.38. The van der Waals surface area contributed by atoms with Crippen LogP contribution >= 0.6 is 11.8 Å². The van der Waals surface area contributed by atoms with Crippen molar-refractivity contribution < 1.29 is 9.59 Å². The first-order valence-corrected chi connectivity index (χ1v) is 8.60. The topological polar surface area (TPSA) is 93.1 Å². The highest BCUT2D eigenvalue weighted by Crippen LogP contribution is 2.22. The highest BCUT2D eigenvalue weighted by Gasteiger charge is 2.20. The van der Waals surface area contributed by atoms with Gasteiger partial charge in [-0.25, -0.2) is 9.78 Å². The van der Waals surface area contributed by atoms with E-state index in [2.05, 4.69) is 15.6 Å². The van der Waals surface area contributed by atoms with Crippen LogP contribution in [0.4, 0.5) is 4.79 Å². The lowest BCUT2D eigenvalue weighted by molar-refractivity contribution is -0.119. The molecule has 1 aromatic heterocycles. The Balaban J connectivity index is 2.27. The molecule has 1 atom stereocenters. The Kier molecular flexibility index (Phi) is 5.97. The molecular formula is C16H20N4O3S. The first kappa shape index (κ1) is 18.0. The summed E-state index contributed by atoms with van der Waals surface area (Å²) in [6.45, 7) is 6.16. The van der Waals surface area contributed by atoms with E-state index < -0.39 is 17.2 Å². The summed E-state index contributed by atoms with van der Waals surface area (Å²) in [5.74, 6) is -0.434. The maximum Gasteiger partial charge on any atom is 0.321 e. The Morgan fingerprint density at radius 2 is 2.00 bits per heavy atom. The number of thioether (sulfide) groups is 1. The van der Waals surface area contributed by atoms with E-state index in [4.69, 9.17) is 0 Å². The number of amides is 3. The molecule has 0 aliphatic heterocycles. The summed E-state index contributed by atoms with van der Waals surface area (Å²) in [5.41, 5.74) is 0.452. The van der Waals surface area contributed by atoms with Gasteiger partial charge in [0.1, 0.15) is 0 Å². The molecule has 1 heterocycles. The van der Waals surface area contributed by atoms with E-state index in [1.807, 2.05) is 13.0 Å². The molecule has 2 N–H and O–H groups in total. The molecule has 2 rings (SSSR count). The fraction of sp³-hybridized carbons (Fsp3) is 0.375. The van der Waals surface area contributed by atoms with E-state index >= 15 is 0 Å². The summed E-state index contributed by atoms with van der Waals surface area (Å²) < 4.78 is 1.53. The van der Waals surface area contributed by atoms with E-state index in [1.165, 1.54) is 4.57 Å². The zero-order valence-corrected chi connectivity index (χ0v) is 14.6. The van der Waals surface area contributed by atoms with Crippen LogP contribution in [0.1, 0.15) is 20.8 Å². The molecule has 1 aromatic carbocycles. The summed E-state index contributed by atoms with van der Waals surface area (Å²) in [7, 11) is 0. The van der Waals surface area contributed by atoms with Crippen molar-refractivity contribution in [1.29, 1.82) is 0 Å². The van der Waals surface area contributed by atoms with Crippen molar-refractivity contribution in [2.75, 3.05) is 6.54 Å². The van der Waals surface area contributed by atoms with Crippen LogP contribution in [0, 0.1) is 0 Å². The number of carbonyl (C=O) groups excluding carboxylic acids is 2. The number of benzene rings is 1. The number of carbonyl (C=O) groups is 2. The van der Waals surface area contributed by atoms with Crippen LogP contribution in [0.25, 0.3) is 10.9 Å². The molecule has 0 aliphatic carbocycles. The normalized spacial score (nSPS) is 12.0. The summed E-state index contributed by atoms with van der Waals surface area (Å²) in [6.07, 6.45) is 0. The molecule has 1 unspecified atom stereocenters. The first-order chi connectivity index (χ1) is 11.5. The predicted octanol–water partition coefficient (Wildman–Crippen LogP) is 1.74. The molecule has 0 aliphatic rings. The van der Waals surface area contributed by atoms with Gasteiger partial charge in [0.15, 0.2) is 5.16 Å². The minimum absolute atomic E-state index is 0.137. The maximum absolute atomic E-state index is 12.5. The molecule has 0 spiro atoms. The van der Waals surface area contributed by atoms with Gasteiger partial charge in [0.2, 0.25) is 5.91 Å². The molecular weight excluding hydrogens is 328 g/mol. The van der Waals surface area contributed by atoms with Crippen LogP contribution in [-0.4, -0.2) is 33.3 Å². The highest BCUT2D eigenvalue weighted by atomic mass is 32.2. The predicted molar refractivity (Wildman–Crippen MR) is 94.2 cm³/mol. The molecule has 0 radical (unpaired) electrons. The van der Waals surface area contributed by atoms with E-state index in [0.29, 0.717) is 29.1 Å². The number of aromatic nitrogens is 2. The Hall–Kier alpha value is -2.35. The van der Waals surface area contributed by atoms with Crippen LogP contribution in [0.2, 0.25) is 0 Å². The lowest BCUT2D eigenvalue weighted by Crippen LogP contribution is -2.42. The van der Waals surface area contributed by atoms with Crippen LogP contribution in [0.15, 0.2) is 34.2 Å². The van der Waals surface area contributed by atoms with Crippen molar-refractivity contribution >= 4 is 34.6 Å². The van der Waals surface area contributed by atoms with Crippen LogP contribution in [0.5, 0.6) is 0 Å². The number of nitrogens with zero attached hydrogens (tertiary/aromatic N) is 2. The molecule has 3 amide bonds. The van der Waals surface area contributed by atoms with Crippen LogP contribution in [0.3, 0.4) is 0 Å². The fourth-order valence-electron chi connectivity index (χ4n) is 2.15. The maximum atomic E-state index is 12.5. The number of urea groups is 1. The number of imide groups is 1. The molecule has 0 fully saturated rings. The first-order valence-electron chi connectivity index (χ1n) is 7.72. The van der Waals surface area contributed by atoms with Crippen LogP contribution < -0.4 is 16.2 Å². The van der Waals surface area contributed by atoms with Crippen molar-refractivity contribution in [1.82, 2.24) is 20.2 Å². The molecule has 8 heteroatoms. The standard InChI is InChI=1S/C16H20N4O3S/c1-4-17-15(23)19-13(21)10(3)24-16-18-12-9-7-6-8-11(12)14(22)20(16)5-2/h6-10H,4-5H2,1-3H3,(H2,17,19,21,23). The lowest BCUT2D eigenvalue weighted by atomic mass is 10.2. The van der Waals surface area contributed by atoms with Crippen molar-refractivity contribution in [3.63, 3.8) is 0 Å². The average molecular weight is 348 g/mol. The fourth-order valence-corrected chi connectivity index (χ4v) is 3.12. The molecule has 0 saturated heterocycles. The number of fused-ring (bicyclic) bond motifs is 1. The largest absolute Gasteiger partial charge is 0.338 e. The van der Waals surface area contributed by atoms with Gasteiger partial charge in [0, 0.05) is 13.1 Å². The van der Waals surface area contributed by atoms with Crippen molar-refractivity contribution in [2.24, 2.45) is 0 Å². The van der Waals surface area contributed by atoms with Gasteiger partial charge in [-0.1, -0.05) is 23.9 Å². The third-order valence-corrected chi connectivity index (χ3v) is 4.46. The Labute approximate surface area is 143 Å². The van der Waals surface area contributed by atoms with Gasteiger partial charge in [-0.2, -0.15) is 0 Å². The van der Waals surface area contributed by atoms with E-state index in [9.17, 15) is 14.4 Å². The Morgan fingerprint density at radius 1 is 1.29 bits per heavy atom. The smallest absolute Gasteiger partial charge is 0.321 e. The zero-order valence-electron chi connectivity index (χ0n) is 13.8. The van der Waals surface area contributed by atoms with Crippen molar-refractivity contribution in [2.45, 2.75) is 37.7 Å². The monoisotopic (exact) mass is 348 g/mol. The second kappa shape index (κ2) is 7.96. The zero-order chi connectivity index (χ0) is 17.7. The number of nitrogens with one attached hydrogen (secondary N) is 2. The highest BCUT2D eigenvalue weighted by molar-refractivity contribution is 8.00. The Morgan fingerprint density at radius 3 is 2.67 bits per heavy atom. The van der Waals surface area contributed by atoms with Gasteiger partial charge in [-0.05, 0) is 32.9 Å². The van der Waals surface area contributed by atoms with Crippen molar-refractivity contribution in [3.8, 4) is 0 Å². The number of hydrogen-bond donors (Lipinski definition) is 2. The van der Waals surface area contributed by atoms with Gasteiger partial charge < -0.3 is 5.32 Å². The second-order valence-electron chi connectivity index (χ2n) is 5.07. The van der Waals surface area contributed by atoms with Gasteiger partial charge in [-0.15, -0.1) is 0 Å². The number of para-hydroxylation sites is 1.